The Balaban J connectivity index is 1.75. The molecule has 6 nitrogen and oxygen atoms in total. The van der Waals surface area contributed by atoms with Crippen molar-refractivity contribution in [1.82, 2.24) is 9.55 Å². The molecule has 1 atom stereocenters. The normalized spacial score (nSPS) is 17.3. The summed E-state index contributed by atoms with van der Waals surface area (Å²) >= 11 is 0. The predicted molar refractivity (Wildman–Crippen MR) is 98.3 cm³/mol. The van der Waals surface area contributed by atoms with Crippen molar-refractivity contribution in [2.24, 2.45) is 0 Å². The van der Waals surface area contributed by atoms with E-state index in [0.717, 1.165) is 22.2 Å². The number of imidazole rings is 1. The lowest BCUT2D eigenvalue weighted by atomic mass is 10.1. The van der Waals surface area contributed by atoms with E-state index in [1.165, 1.54) is 4.90 Å². The van der Waals surface area contributed by atoms with Crippen LogP contribution in [0.2, 0.25) is 0 Å². The number of imide groups is 1. The second-order valence-electron chi connectivity index (χ2n) is 6.57. The zero-order valence-electron chi connectivity index (χ0n) is 14.9. The number of aromatic nitrogens is 2. The van der Waals surface area contributed by atoms with Crippen molar-refractivity contribution < 1.29 is 14.3 Å². The number of ether oxygens (including phenoxy) is 1. The molecule has 1 aliphatic heterocycles. The molecule has 0 bridgehead atoms. The Labute approximate surface area is 151 Å². The third-order valence-corrected chi connectivity index (χ3v) is 4.96. The average molecular weight is 349 g/mol. The largest absolute Gasteiger partial charge is 0.497 e. The van der Waals surface area contributed by atoms with Gasteiger partial charge < -0.3 is 9.30 Å². The van der Waals surface area contributed by atoms with Gasteiger partial charge in [-0.15, -0.1) is 0 Å². The van der Waals surface area contributed by atoms with E-state index in [2.05, 4.69) is 4.98 Å². The molecule has 1 fully saturated rings. The maximum atomic E-state index is 13.0. The van der Waals surface area contributed by atoms with Crippen LogP contribution in [0.25, 0.3) is 11.0 Å². The molecule has 0 aliphatic carbocycles. The molecular formula is C20H19N3O3. The molecule has 1 saturated heterocycles. The molecule has 0 N–H and O–H groups in total. The zero-order valence-corrected chi connectivity index (χ0v) is 14.9. The number of anilines is 1. The van der Waals surface area contributed by atoms with Gasteiger partial charge in [0.1, 0.15) is 11.8 Å². The van der Waals surface area contributed by atoms with Crippen LogP contribution < -0.4 is 9.64 Å². The highest BCUT2D eigenvalue weighted by Crippen LogP contribution is 2.33. The van der Waals surface area contributed by atoms with E-state index >= 15 is 0 Å². The summed E-state index contributed by atoms with van der Waals surface area (Å²) in [6.45, 7) is 4.05. The van der Waals surface area contributed by atoms with E-state index < -0.39 is 6.04 Å². The number of hydrogen-bond donors (Lipinski definition) is 0. The Morgan fingerprint density at radius 1 is 1.12 bits per heavy atom. The lowest BCUT2D eigenvalue weighted by molar-refractivity contribution is -0.122. The number of carbonyl (C=O) groups is 2. The second-order valence-corrected chi connectivity index (χ2v) is 6.57. The molecule has 2 heterocycles. The highest BCUT2D eigenvalue weighted by molar-refractivity contribution is 6.22. The first-order chi connectivity index (χ1) is 12.5. The summed E-state index contributed by atoms with van der Waals surface area (Å²) in [7, 11) is 1.55. The topological polar surface area (TPSA) is 64.4 Å². The maximum Gasteiger partial charge on any atom is 0.257 e. The van der Waals surface area contributed by atoms with Crippen LogP contribution in [0.15, 0.2) is 42.7 Å². The summed E-state index contributed by atoms with van der Waals surface area (Å²) in [5, 5.41) is 0. The van der Waals surface area contributed by atoms with E-state index in [-0.39, 0.29) is 18.2 Å². The Morgan fingerprint density at radius 2 is 1.88 bits per heavy atom. The molecule has 0 radical (unpaired) electrons. The summed E-state index contributed by atoms with van der Waals surface area (Å²) in [4.78, 5) is 31.3. The fraction of sp³-hybridized carbons (Fsp3) is 0.250. The minimum absolute atomic E-state index is 0.119. The third-order valence-electron chi connectivity index (χ3n) is 4.96. The van der Waals surface area contributed by atoms with Crippen LogP contribution in [0.3, 0.4) is 0 Å². The van der Waals surface area contributed by atoms with Crippen molar-refractivity contribution in [2.45, 2.75) is 26.3 Å². The average Bonchev–Trinajstić information content (AvgIpc) is 3.15. The van der Waals surface area contributed by atoms with Gasteiger partial charge in [-0.25, -0.2) is 9.88 Å². The lowest BCUT2D eigenvalue weighted by Crippen LogP contribution is -2.31. The van der Waals surface area contributed by atoms with Gasteiger partial charge in [0.2, 0.25) is 5.91 Å². The van der Waals surface area contributed by atoms with Crippen LogP contribution >= 0.6 is 0 Å². The van der Waals surface area contributed by atoms with Crippen LogP contribution in [0.5, 0.6) is 5.75 Å². The van der Waals surface area contributed by atoms with Crippen molar-refractivity contribution in [1.29, 1.82) is 0 Å². The van der Waals surface area contributed by atoms with Crippen molar-refractivity contribution in [3.8, 4) is 5.75 Å². The standard InChI is InChI=1S/C20H19N3O3/c1-12-7-16-17(8-13(12)2)22(11-21-16)18-10-19(24)23(20(18)25)14-5-4-6-15(9-14)26-3/h4-9,11,18H,10H2,1-3H3/t18-/m1/s1. The Hall–Kier alpha value is -3.15. The molecule has 1 aromatic heterocycles. The van der Waals surface area contributed by atoms with Crippen LogP contribution in [0.4, 0.5) is 5.69 Å². The second kappa shape index (κ2) is 5.98. The number of hydrogen-bond acceptors (Lipinski definition) is 4. The first kappa shape index (κ1) is 16.3. The number of carbonyl (C=O) groups excluding carboxylic acids is 2. The number of aryl methyl sites for hydroxylation is 2. The highest BCUT2D eigenvalue weighted by Gasteiger charge is 2.41. The SMILES string of the molecule is COc1cccc(N2C(=O)C[C@@H](n3cnc4cc(C)c(C)cc43)C2=O)c1. The monoisotopic (exact) mass is 349 g/mol. The zero-order chi connectivity index (χ0) is 18.4. The fourth-order valence-corrected chi connectivity index (χ4v) is 3.38. The van der Waals surface area contributed by atoms with E-state index in [1.54, 1.807) is 37.7 Å². The molecule has 4 rings (SSSR count). The Morgan fingerprint density at radius 3 is 2.65 bits per heavy atom. The first-order valence-corrected chi connectivity index (χ1v) is 8.44. The summed E-state index contributed by atoms with van der Waals surface area (Å²) in [6.07, 6.45) is 1.77. The number of amides is 2. The molecule has 2 aromatic carbocycles. The fourth-order valence-electron chi connectivity index (χ4n) is 3.38. The Kier molecular flexibility index (Phi) is 3.76. The minimum Gasteiger partial charge on any atom is -0.497 e. The molecule has 26 heavy (non-hydrogen) atoms. The van der Waals surface area contributed by atoms with Crippen molar-refractivity contribution in [3.63, 3.8) is 0 Å². The quantitative estimate of drug-likeness (QED) is 0.681. The van der Waals surface area contributed by atoms with Crippen molar-refractivity contribution >= 4 is 28.5 Å². The van der Waals surface area contributed by atoms with Crippen LogP contribution in [-0.4, -0.2) is 28.5 Å². The number of methoxy groups -OCH3 is 1. The van der Waals surface area contributed by atoms with Crippen molar-refractivity contribution in [3.05, 3.63) is 53.9 Å². The van der Waals surface area contributed by atoms with Gasteiger partial charge in [-0.05, 0) is 49.2 Å². The molecular weight excluding hydrogens is 330 g/mol. The number of benzene rings is 2. The van der Waals surface area contributed by atoms with Gasteiger partial charge in [-0.1, -0.05) is 6.07 Å². The first-order valence-electron chi connectivity index (χ1n) is 8.44. The van der Waals surface area contributed by atoms with Gasteiger partial charge in [-0.2, -0.15) is 0 Å². The smallest absolute Gasteiger partial charge is 0.257 e. The van der Waals surface area contributed by atoms with Gasteiger partial charge in [0, 0.05) is 6.07 Å². The molecule has 1 aliphatic rings. The molecule has 2 amide bonds. The molecule has 0 saturated carbocycles. The summed E-state index contributed by atoms with van der Waals surface area (Å²) in [6, 6.07) is 10.4. The van der Waals surface area contributed by atoms with Gasteiger partial charge in [-0.3, -0.25) is 9.59 Å². The number of rotatable bonds is 3. The van der Waals surface area contributed by atoms with Gasteiger partial charge in [0.15, 0.2) is 0 Å². The lowest BCUT2D eigenvalue weighted by Gasteiger charge is -2.16. The third kappa shape index (κ3) is 2.45. The van der Waals surface area contributed by atoms with E-state index in [4.69, 9.17) is 4.74 Å². The number of nitrogens with zero attached hydrogens (tertiary/aromatic N) is 3. The molecule has 3 aromatic rings. The van der Waals surface area contributed by atoms with Crippen LogP contribution in [-0.2, 0) is 9.59 Å². The molecule has 6 heteroatoms. The van der Waals surface area contributed by atoms with Crippen LogP contribution in [0.1, 0.15) is 23.6 Å². The number of fused-ring (bicyclic) bond motifs is 1. The summed E-state index contributed by atoms with van der Waals surface area (Å²) < 4.78 is 7.01. The summed E-state index contributed by atoms with van der Waals surface area (Å²) in [5.41, 5.74) is 4.49. The van der Waals surface area contributed by atoms with Crippen LogP contribution in [0, 0.1) is 13.8 Å². The van der Waals surface area contributed by atoms with Gasteiger partial charge in [0.25, 0.3) is 5.91 Å². The molecule has 0 spiro atoms. The van der Waals surface area contributed by atoms with Gasteiger partial charge >= 0.3 is 0 Å². The Bertz CT molecular complexity index is 1040. The van der Waals surface area contributed by atoms with E-state index in [1.807, 2.05) is 30.5 Å². The van der Waals surface area contributed by atoms with Gasteiger partial charge in [0.05, 0.1) is 36.6 Å². The molecule has 132 valence electrons. The molecule has 0 unspecified atom stereocenters. The van der Waals surface area contributed by atoms with E-state index in [0.29, 0.717) is 11.4 Å². The summed E-state index contributed by atoms with van der Waals surface area (Å²) in [5.74, 6) is 0.130. The van der Waals surface area contributed by atoms with Crippen molar-refractivity contribution in [2.75, 3.05) is 12.0 Å². The predicted octanol–water partition coefficient (Wildman–Crippen LogP) is 3.17. The minimum atomic E-state index is -0.583. The maximum absolute atomic E-state index is 13.0. The van der Waals surface area contributed by atoms with E-state index in [9.17, 15) is 9.59 Å². The highest BCUT2D eigenvalue weighted by atomic mass is 16.5.